The van der Waals surface area contributed by atoms with Gasteiger partial charge in [0.2, 0.25) is 0 Å². The van der Waals surface area contributed by atoms with Crippen LogP contribution in [-0.2, 0) is 0 Å². The van der Waals surface area contributed by atoms with Crippen molar-refractivity contribution >= 4 is 54.1 Å². The number of nitrogens with zero attached hydrogens (tertiary/aromatic N) is 2. The maximum absolute atomic E-state index is 5.27. The van der Waals surface area contributed by atoms with Gasteiger partial charge in [0.25, 0.3) is 0 Å². The molecule has 55 heavy (non-hydrogen) atoms. The summed E-state index contributed by atoms with van der Waals surface area (Å²) in [5.41, 5.74) is 12.8. The number of aromatic nitrogens is 2. The average Bonchev–Trinajstić information content (AvgIpc) is 3.61. The first-order valence-corrected chi connectivity index (χ1v) is 18.9. The maximum Gasteiger partial charge on any atom is 0.0709 e. The summed E-state index contributed by atoms with van der Waals surface area (Å²) < 4.78 is 2.39. The molecule has 11 rings (SSSR count). The Labute approximate surface area is 319 Å². The minimum Gasteiger partial charge on any atom is -0.309 e. The smallest absolute Gasteiger partial charge is 0.0709 e. The van der Waals surface area contributed by atoms with Gasteiger partial charge in [-0.15, -0.1) is 0 Å². The quantitative estimate of drug-likeness (QED) is 0.164. The third-order valence-corrected chi connectivity index (χ3v) is 11.2. The summed E-state index contributed by atoms with van der Waals surface area (Å²) >= 11 is 0. The van der Waals surface area contributed by atoms with Gasteiger partial charge in [-0.05, 0) is 90.5 Å². The second-order valence-corrected chi connectivity index (χ2v) is 14.3. The summed E-state index contributed by atoms with van der Waals surface area (Å²) in [5.74, 6) is 0. The van der Waals surface area contributed by atoms with Crippen LogP contribution in [0.25, 0.3) is 104 Å². The van der Waals surface area contributed by atoms with Crippen LogP contribution in [-0.4, -0.2) is 9.55 Å². The van der Waals surface area contributed by atoms with Crippen molar-refractivity contribution in [3.05, 3.63) is 206 Å². The van der Waals surface area contributed by atoms with Crippen LogP contribution < -0.4 is 0 Å². The molecule has 0 fully saturated rings. The number of para-hydroxylation sites is 1. The Morgan fingerprint density at radius 3 is 1.51 bits per heavy atom. The van der Waals surface area contributed by atoms with Gasteiger partial charge in [0, 0.05) is 33.8 Å². The van der Waals surface area contributed by atoms with Crippen LogP contribution in [0.15, 0.2) is 206 Å². The molecule has 2 aromatic heterocycles. The van der Waals surface area contributed by atoms with E-state index in [4.69, 9.17) is 4.98 Å². The molecule has 0 aliphatic rings. The van der Waals surface area contributed by atoms with E-state index in [0.29, 0.717) is 0 Å². The van der Waals surface area contributed by atoms with Crippen LogP contribution >= 0.6 is 0 Å². The molecule has 0 atom stereocenters. The molecular weight excluding hydrogens is 665 g/mol. The van der Waals surface area contributed by atoms with Crippen LogP contribution in [0.1, 0.15) is 0 Å². The summed E-state index contributed by atoms with van der Waals surface area (Å²) in [6.07, 6.45) is 2.07. The summed E-state index contributed by atoms with van der Waals surface area (Å²) in [4.78, 5) is 5.27. The highest BCUT2D eigenvalue weighted by Crippen LogP contribution is 2.45. The van der Waals surface area contributed by atoms with Crippen molar-refractivity contribution in [1.29, 1.82) is 0 Å². The van der Waals surface area contributed by atoms with E-state index in [-0.39, 0.29) is 0 Å². The largest absolute Gasteiger partial charge is 0.309 e. The second-order valence-electron chi connectivity index (χ2n) is 14.3. The van der Waals surface area contributed by atoms with E-state index >= 15 is 0 Å². The molecule has 0 bridgehead atoms. The number of benzene rings is 9. The van der Waals surface area contributed by atoms with Crippen LogP contribution in [0, 0.1) is 0 Å². The summed E-state index contributed by atoms with van der Waals surface area (Å²) in [7, 11) is 0. The molecular formula is C53H34N2. The molecule has 2 heterocycles. The second kappa shape index (κ2) is 12.7. The highest BCUT2D eigenvalue weighted by molar-refractivity contribution is 6.25. The number of rotatable bonds is 5. The summed E-state index contributed by atoms with van der Waals surface area (Å²) in [5, 5.41) is 9.86. The molecule has 0 aliphatic heterocycles. The first-order valence-electron chi connectivity index (χ1n) is 18.9. The lowest BCUT2D eigenvalue weighted by molar-refractivity contribution is 1.18. The van der Waals surface area contributed by atoms with E-state index < -0.39 is 0 Å². The fourth-order valence-electron chi connectivity index (χ4n) is 8.81. The fourth-order valence-corrected chi connectivity index (χ4v) is 8.81. The third kappa shape index (κ3) is 5.00. The minimum atomic E-state index is 0.957. The predicted molar refractivity (Wildman–Crippen MR) is 233 cm³/mol. The van der Waals surface area contributed by atoms with E-state index in [2.05, 4.69) is 211 Å². The summed E-state index contributed by atoms with van der Waals surface area (Å²) in [6, 6.07) is 72.3. The molecule has 2 heteroatoms. The summed E-state index contributed by atoms with van der Waals surface area (Å²) in [6.45, 7) is 0. The molecule has 0 spiro atoms. The molecule has 256 valence electrons. The van der Waals surface area contributed by atoms with Crippen molar-refractivity contribution in [2.75, 3.05) is 0 Å². The van der Waals surface area contributed by atoms with Gasteiger partial charge in [0.15, 0.2) is 0 Å². The Hall–Kier alpha value is -7.29. The number of hydrogen-bond donors (Lipinski definition) is 0. The first kappa shape index (κ1) is 31.3. The molecule has 0 saturated carbocycles. The molecule has 0 amide bonds. The van der Waals surface area contributed by atoms with Crippen LogP contribution in [0.3, 0.4) is 0 Å². The SMILES string of the molecule is c1ccc(-c2ccc(-c3c4ccccc4c(-c4ccc(-c5cccc6c5c5c7ccccc7ccc5n6-c5ccccc5)nc4)c4ccccc34)cc2)cc1. The molecule has 2 nitrogen and oxygen atoms in total. The van der Waals surface area contributed by atoms with E-state index in [1.54, 1.807) is 0 Å². The molecule has 0 saturated heterocycles. The van der Waals surface area contributed by atoms with Gasteiger partial charge < -0.3 is 4.57 Å². The topological polar surface area (TPSA) is 17.8 Å². The average molecular weight is 699 g/mol. The van der Waals surface area contributed by atoms with Gasteiger partial charge in [-0.1, -0.05) is 170 Å². The van der Waals surface area contributed by atoms with Gasteiger partial charge in [-0.3, -0.25) is 4.98 Å². The van der Waals surface area contributed by atoms with Crippen molar-refractivity contribution < 1.29 is 0 Å². The van der Waals surface area contributed by atoms with Gasteiger partial charge in [0.1, 0.15) is 0 Å². The van der Waals surface area contributed by atoms with E-state index in [1.807, 2.05) is 0 Å². The molecule has 11 aromatic rings. The van der Waals surface area contributed by atoms with Gasteiger partial charge in [-0.25, -0.2) is 0 Å². The Morgan fingerprint density at radius 1 is 0.327 bits per heavy atom. The number of pyridine rings is 1. The van der Waals surface area contributed by atoms with Crippen molar-refractivity contribution in [3.63, 3.8) is 0 Å². The van der Waals surface area contributed by atoms with Gasteiger partial charge >= 0.3 is 0 Å². The Kier molecular flexibility index (Phi) is 7.21. The Morgan fingerprint density at radius 2 is 0.855 bits per heavy atom. The third-order valence-electron chi connectivity index (χ3n) is 11.2. The Bertz CT molecular complexity index is 3160. The van der Waals surface area contributed by atoms with E-state index in [0.717, 1.165) is 22.5 Å². The lowest BCUT2D eigenvalue weighted by atomic mass is 9.86. The van der Waals surface area contributed by atoms with Gasteiger partial charge in [-0.2, -0.15) is 0 Å². The fraction of sp³-hybridized carbons (Fsp3) is 0. The lowest BCUT2D eigenvalue weighted by Crippen LogP contribution is -1.93. The zero-order valence-corrected chi connectivity index (χ0v) is 30.0. The molecule has 0 aliphatic carbocycles. The van der Waals surface area contributed by atoms with Crippen LogP contribution in [0.4, 0.5) is 0 Å². The molecule has 9 aromatic carbocycles. The Balaban J connectivity index is 1.09. The lowest BCUT2D eigenvalue weighted by Gasteiger charge is -2.18. The molecule has 0 N–H and O–H groups in total. The van der Waals surface area contributed by atoms with Crippen LogP contribution in [0.5, 0.6) is 0 Å². The predicted octanol–water partition coefficient (Wildman–Crippen LogP) is 14.3. The van der Waals surface area contributed by atoms with Crippen molar-refractivity contribution in [2.45, 2.75) is 0 Å². The highest BCUT2D eigenvalue weighted by Gasteiger charge is 2.20. The molecule has 0 radical (unpaired) electrons. The zero-order chi connectivity index (χ0) is 36.3. The minimum absolute atomic E-state index is 0.957. The van der Waals surface area contributed by atoms with E-state index in [1.165, 1.54) is 81.9 Å². The normalized spacial score (nSPS) is 11.6. The van der Waals surface area contributed by atoms with Crippen molar-refractivity contribution in [1.82, 2.24) is 9.55 Å². The maximum atomic E-state index is 5.27. The van der Waals surface area contributed by atoms with Crippen LogP contribution in [0.2, 0.25) is 0 Å². The van der Waals surface area contributed by atoms with Crippen molar-refractivity contribution in [3.8, 4) is 50.3 Å². The zero-order valence-electron chi connectivity index (χ0n) is 30.0. The standard InChI is InChI=1S/C53H34N2/c1-3-14-35(15-4-1)36-26-28-38(29-27-36)50-42-20-9-11-22-44(42)51(45-23-12-10-21-43(45)50)39-30-32-47(54-34-39)46-24-13-25-48-53(46)52-41-19-8-7-16-37(41)31-33-49(52)55(48)40-17-5-2-6-18-40/h1-34H. The monoisotopic (exact) mass is 698 g/mol. The first-order chi connectivity index (χ1) is 27.3. The van der Waals surface area contributed by atoms with Crippen molar-refractivity contribution in [2.24, 2.45) is 0 Å². The van der Waals surface area contributed by atoms with Gasteiger partial charge in [0.05, 0.1) is 16.7 Å². The molecule has 0 unspecified atom stereocenters. The van der Waals surface area contributed by atoms with E-state index in [9.17, 15) is 0 Å². The highest BCUT2D eigenvalue weighted by atomic mass is 15.0. The number of hydrogen-bond acceptors (Lipinski definition) is 1. The number of fused-ring (bicyclic) bond motifs is 7.